The van der Waals surface area contributed by atoms with E-state index < -0.39 is 0 Å². The predicted molar refractivity (Wildman–Crippen MR) is 77.0 cm³/mol. The van der Waals surface area contributed by atoms with Crippen molar-refractivity contribution in [3.8, 4) is 0 Å². The first-order valence-corrected chi connectivity index (χ1v) is 7.22. The molecule has 5 nitrogen and oxygen atoms in total. The monoisotopic (exact) mass is 295 g/mol. The molecule has 0 aliphatic heterocycles. The van der Waals surface area contributed by atoms with Gasteiger partial charge in [0.15, 0.2) is 0 Å². The fourth-order valence-electron chi connectivity index (χ4n) is 3.55. The SMILES string of the molecule is CCNc1cc(Cl)ncc1C(=O)NC12CC(CO)(C1)C2. The Morgan fingerprint density at radius 1 is 1.50 bits per heavy atom. The van der Waals surface area contributed by atoms with Crippen LogP contribution in [0.4, 0.5) is 5.69 Å². The minimum atomic E-state index is -0.128. The molecule has 108 valence electrons. The second kappa shape index (κ2) is 4.60. The van der Waals surface area contributed by atoms with Crippen molar-refractivity contribution < 1.29 is 9.90 Å². The third-order valence-corrected chi connectivity index (χ3v) is 4.54. The fourth-order valence-corrected chi connectivity index (χ4v) is 3.71. The number of aromatic nitrogens is 1. The molecule has 0 atom stereocenters. The summed E-state index contributed by atoms with van der Waals surface area (Å²) in [5.41, 5.74) is 1.19. The van der Waals surface area contributed by atoms with E-state index >= 15 is 0 Å². The highest BCUT2D eigenvalue weighted by atomic mass is 35.5. The van der Waals surface area contributed by atoms with Gasteiger partial charge in [-0.2, -0.15) is 0 Å². The molecule has 3 N–H and O–H groups in total. The van der Waals surface area contributed by atoms with Crippen LogP contribution < -0.4 is 10.6 Å². The van der Waals surface area contributed by atoms with Crippen LogP contribution in [0.5, 0.6) is 0 Å². The Balaban J connectivity index is 1.72. The standard InChI is InChI=1S/C14H18ClN3O2/c1-2-16-10-3-11(15)17-4-9(10)12(20)18-14-5-13(6-14,7-14)8-19/h3-4,19H,2,5-8H2,1H3,(H,16,17)(H,18,20). The fraction of sp³-hybridized carbons (Fsp3) is 0.571. The smallest absolute Gasteiger partial charge is 0.255 e. The number of aliphatic hydroxyl groups excluding tert-OH is 1. The Labute approximate surface area is 122 Å². The van der Waals surface area contributed by atoms with E-state index in [4.69, 9.17) is 11.6 Å². The summed E-state index contributed by atoms with van der Waals surface area (Å²) in [6, 6.07) is 1.66. The van der Waals surface area contributed by atoms with Crippen LogP contribution in [0.25, 0.3) is 0 Å². The molecule has 2 bridgehead atoms. The zero-order chi connectivity index (χ0) is 14.4. The van der Waals surface area contributed by atoms with E-state index in [2.05, 4.69) is 15.6 Å². The van der Waals surface area contributed by atoms with Crippen LogP contribution in [0.2, 0.25) is 5.15 Å². The highest BCUT2D eigenvalue weighted by Crippen LogP contribution is 2.66. The van der Waals surface area contributed by atoms with E-state index in [1.165, 1.54) is 6.20 Å². The molecule has 3 fully saturated rings. The van der Waals surface area contributed by atoms with E-state index in [1.807, 2.05) is 6.92 Å². The first-order valence-electron chi connectivity index (χ1n) is 6.84. The van der Waals surface area contributed by atoms with E-state index in [1.54, 1.807) is 6.07 Å². The molecule has 0 spiro atoms. The minimum absolute atomic E-state index is 0.0794. The van der Waals surface area contributed by atoms with Gasteiger partial charge in [0.2, 0.25) is 0 Å². The number of halogens is 1. The van der Waals surface area contributed by atoms with Gasteiger partial charge in [0, 0.05) is 30.3 Å². The number of anilines is 1. The Morgan fingerprint density at radius 2 is 2.20 bits per heavy atom. The quantitative estimate of drug-likeness (QED) is 0.724. The van der Waals surface area contributed by atoms with Gasteiger partial charge in [-0.15, -0.1) is 0 Å². The van der Waals surface area contributed by atoms with Gasteiger partial charge in [-0.25, -0.2) is 4.98 Å². The summed E-state index contributed by atoms with van der Waals surface area (Å²) in [6.07, 6.45) is 4.13. The molecule has 3 aliphatic rings. The summed E-state index contributed by atoms with van der Waals surface area (Å²) in [7, 11) is 0. The number of carbonyl (C=O) groups is 1. The zero-order valence-corrected chi connectivity index (χ0v) is 12.1. The van der Waals surface area contributed by atoms with Gasteiger partial charge in [0.25, 0.3) is 5.91 Å². The van der Waals surface area contributed by atoms with Crippen LogP contribution >= 0.6 is 11.6 Å². The maximum atomic E-state index is 12.4. The summed E-state index contributed by atoms with van der Waals surface area (Å²) < 4.78 is 0. The molecule has 20 heavy (non-hydrogen) atoms. The molecule has 6 heteroatoms. The van der Waals surface area contributed by atoms with Gasteiger partial charge in [-0.3, -0.25) is 4.79 Å². The Bertz CT molecular complexity index is 542. The third-order valence-electron chi connectivity index (χ3n) is 4.34. The second-order valence-electron chi connectivity index (χ2n) is 6.01. The number of carbonyl (C=O) groups excluding carboxylic acids is 1. The summed E-state index contributed by atoms with van der Waals surface area (Å²) in [6.45, 7) is 2.89. The number of nitrogens with zero attached hydrogens (tertiary/aromatic N) is 1. The van der Waals surface area contributed by atoms with Crippen LogP contribution in [0.1, 0.15) is 36.5 Å². The number of rotatable bonds is 5. The van der Waals surface area contributed by atoms with Gasteiger partial charge < -0.3 is 15.7 Å². The second-order valence-corrected chi connectivity index (χ2v) is 6.39. The first kappa shape index (κ1) is 13.6. The normalized spacial score (nSPS) is 30.1. The number of aliphatic hydroxyl groups is 1. The largest absolute Gasteiger partial charge is 0.396 e. The van der Waals surface area contributed by atoms with Crippen molar-refractivity contribution in [1.29, 1.82) is 0 Å². The summed E-state index contributed by atoms with van der Waals surface area (Å²) in [4.78, 5) is 16.4. The number of amides is 1. The zero-order valence-electron chi connectivity index (χ0n) is 11.4. The molecular weight excluding hydrogens is 278 g/mol. The molecule has 1 amide bonds. The summed E-state index contributed by atoms with van der Waals surface area (Å²) in [5.74, 6) is -0.128. The molecule has 0 unspecified atom stereocenters. The van der Waals surface area contributed by atoms with Crippen LogP contribution in [0, 0.1) is 5.41 Å². The van der Waals surface area contributed by atoms with Crippen LogP contribution in [0.3, 0.4) is 0 Å². The lowest BCUT2D eigenvalue weighted by Crippen LogP contribution is -2.75. The number of hydrogen-bond donors (Lipinski definition) is 3. The maximum Gasteiger partial charge on any atom is 0.255 e. The molecule has 0 radical (unpaired) electrons. The lowest BCUT2D eigenvalue weighted by Gasteiger charge is -2.70. The lowest BCUT2D eigenvalue weighted by atomic mass is 9.39. The van der Waals surface area contributed by atoms with Crippen LogP contribution in [-0.2, 0) is 0 Å². The van der Waals surface area contributed by atoms with Crippen LogP contribution in [-0.4, -0.2) is 34.7 Å². The average Bonchev–Trinajstić information content (AvgIpc) is 2.32. The van der Waals surface area contributed by atoms with E-state index in [0.717, 1.165) is 19.3 Å². The van der Waals surface area contributed by atoms with Crippen molar-refractivity contribution in [3.63, 3.8) is 0 Å². The first-order chi connectivity index (χ1) is 9.51. The maximum absolute atomic E-state index is 12.4. The van der Waals surface area contributed by atoms with Gasteiger partial charge in [-0.05, 0) is 32.3 Å². The Hall–Kier alpha value is -1.33. The van der Waals surface area contributed by atoms with Crippen molar-refractivity contribution in [1.82, 2.24) is 10.3 Å². The van der Waals surface area contributed by atoms with E-state index in [0.29, 0.717) is 22.9 Å². The summed E-state index contributed by atoms with van der Waals surface area (Å²) >= 11 is 5.86. The molecule has 1 aromatic heterocycles. The van der Waals surface area contributed by atoms with Gasteiger partial charge in [0.05, 0.1) is 11.3 Å². The minimum Gasteiger partial charge on any atom is -0.396 e. The average molecular weight is 296 g/mol. The van der Waals surface area contributed by atoms with Crippen molar-refractivity contribution in [3.05, 3.63) is 23.0 Å². The van der Waals surface area contributed by atoms with Crippen molar-refractivity contribution >= 4 is 23.2 Å². The number of hydrogen-bond acceptors (Lipinski definition) is 4. The highest BCUT2D eigenvalue weighted by molar-refractivity contribution is 6.29. The molecule has 3 saturated carbocycles. The van der Waals surface area contributed by atoms with Crippen LogP contribution in [0.15, 0.2) is 12.3 Å². The molecule has 0 aromatic carbocycles. The number of pyridine rings is 1. The summed E-state index contributed by atoms with van der Waals surface area (Å²) in [5, 5.41) is 15.8. The molecule has 1 aromatic rings. The van der Waals surface area contributed by atoms with E-state index in [9.17, 15) is 9.90 Å². The van der Waals surface area contributed by atoms with Crippen molar-refractivity contribution in [2.75, 3.05) is 18.5 Å². The van der Waals surface area contributed by atoms with Gasteiger partial charge in [0.1, 0.15) is 5.15 Å². The lowest BCUT2D eigenvalue weighted by molar-refractivity contribution is -0.172. The number of nitrogens with one attached hydrogen (secondary N) is 2. The molecule has 1 heterocycles. The topological polar surface area (TPSA) is 74.2 Å². The van der Waals surface area contributed by atoms with E-state index in [-0.39, 0.29) is 23.5 Å². The molecule has 4 rings (SSSR count). The molecule has 0 saturated heterocycles. The highest BCUT2D eigenvalue weighted by Gasteiger charge is 2.68. The molecular formula is C14H18ClN3O2. The third kappa shape index (κ3) is 2.05. The Kier molecular flexibility index (Phi) is 3.14. The van der Waals surface area contributed by atoms with Crippen molar-refractivity contribution in [2.45, 2.75) is 31.7 Å². The van der Waals surface area contributed by atoms with Crippen molar-refractivity contribution in [2.24, 2.45) is 5.41 Å². The molecule has 3 aliphatic carbocycles. The van der Waals surface area contributed by atoms with Gasteiger partial charge in [-0.1, -0.05) is 11.6 Å². The Morgan fingerprint density at radius 3 is 2.80 bits per heavy atom. The van der Waals surface area contributed by atoms with Gasteiger partial charge >= 0.3 is 0 Å². The predicted octanol–water partition coefficient (Wildman–Crippen LogP) is 1.81.